The summed E-state index contributed by atoms with van der Waals surface area (Å²) in [5.41, 5.74) is -3.66. The molecule has 1 aliphatic rings. The zero-order valence-electron chi connectivity index (χ0n) is 19.4. The molecule has 9 atom stereocenters. The third-order valence-corrected chi connectivity index (χ3v) is 11.0. The van der Waals surface area contributed by atoms with Gasteiger partial charge in [0.15, 0.2) is 12.6 Å². The smallest absolute Gasteiger partial charge is 0.359 e. The second-order valence-electron chi connectivity index (χ2n) is 9.33. The molecule has 4 N–H and O–H groups in total. The van der Waals surface area contributed by atoms with Crippen molar-refractivity contribution in [3.8, 4) is 0 Å². The highest BCUT2D eigenvalue weighted by Gasteiger charge is 2.51. The van der Waals surface area contributed by atoms with Gasteiger partial charge in [-0.25, -0.2) is 0 Å². The summed E-state index contributed by atoms with van der Waals surface area (Å²) in [6.07, 6.45) is -3.00. The van der Waals surface area contributed by atoms with Gasteiger partial charge in [0.2, 0.25) is 7.57 Å². The fraction of sp³-hybridized carbons (Fsp3) is 1.00. The monoisotopic (exact) mass is 480 g/mol. The van der Waals surface area contributed by atoms with Gasteiger partial charge in [0, 0.05) is 12.4 Å². The van der Waals surface area contributed by atoms with Crippen LogP contribution in [-0.2, 0) is 22.9 Å². The zero-order chi connectivity index (χ0) is 24.6. The van der Waals surface area contributed by atoms with Crippen LogP contribution in [0.5, 0.6) is 0 Å². The lowest BCUT2D eigenvalue weighted by molar-refractivity contribution is -0.0333. The summed E-state index contributed by atoms with van der Waals surface area (Å²) in [5, 5.41) is 28.2. The van der Waals surface area contributed by atoms with Gasteiger partial charge >= 0.3 is 7.60 Å². The predicted molar refractivity (Wildman–Crippen MR) is 120 cm³/mol. The highest BCUT2D eigenvalue weighted by atomic mass is 31.2. The molecule has 13 heteroatoms. The van der Waals surface area contributed by atoms with Crippen LogP contribution in [0.25, 0.3) is 0 Å². The number of ether oxygens (including phenoxy) is 1. The summed E-state index contributed by atoms with van der Waals surface area (Å²) in [5.74, 6) is 0. The molecule has 3 unspecified atom stereocenters. The van der Waals surface area contributed by atoms with Crippen molar-refractivity contribution in [2.75, 3.05) is 0 Å². The molecule has 1 aliphatic heterocycles. The first-order chi connectivity index (χ1) is 13.8. The van der Waals surface area contributed by atoms with Crippen LogP contribution in [0.1, 0.15) is 67.7 Å². The van der Waals surface area contributed by atoms with E-state index in [2.05, 4.69) is 0 Å². The van der Waals surface area contributed by atoms with E-state index in [0.29, 0.717) is 6.42 Å². The average Bonchev–Trinajstić information content (AvgIpc) is 2.86. The van der Waals surface area contributed by atoms with Crippen LogP contribution in [0.15, 0.2) is 0 Å². The summed E-state index contributed by atoms with van der Waals surface area (Å²) in [6, 6.07) is -1.05. The van der Waals surface area contributed by atoms with Gasteiger partial charge in [0.05, 0.1) is 29.1 Å². The summed E-state index contributed by atoms with van der Waals surface area (Å²) in [7, 11) is 3.21. The molecule has 1 heterocycles. The molecule has 0 saturated carbocycles. The van der Waals surface area contributed by atoms with Gasteiger partial charge in [0.1, 0.15) is 14.0 Å². The summed E-state index contributed by atoms with van der Waals surface area (Å²) >= 11 is 0. The van der Waals surface area contributed by atoms with Gasteiger partial charge in [-0.3, -0.25) is 9.09 Å². The Bertz CT molecular complexity index is 720. The van der Waals surface area contributed by atoms with Crippen molar-refractivity contribution in [3.63, 3.8) is 0 Å². The molecule has 0 spiro atoms. The summed E-state index contributed by atoms with van der Waals surface area (Å²) in [6.45, 7) is 10.5. The van der Waals surface area contributed by atoms with E-state index in [-0.39, 0.29) is 12.8 Å². The maximum atomic E-state index is 13.4. The van der Waals surface area contributed by atoms with Crippen LogP contribution in [0, 0.1) is 0 Å². The van der Waals surface area contributed by atoms with E-state index < -0.39 is 61.4 Å². The van der Waals surface area contributed by atoms with Gasteiger partial charge in [-0.2, -0.15) is 0 Å². The molecule has 31 heavy (non-hydrogen) atoms. The Hall–Kier alpha value is 0.310. The Kier molecular flexibility index (Phi) is 9.36. The van der Waals surface area contributed by atoms with Gasteiger partial charge in [0.25, 0.3) is 0 Å². The SMILES string of the molecule is [B][C@@H]1O[C@H](C[C@@](C)(CC)OP([B])(=O)C(C)C(C)(C)OP(=O)(O)[C@@](C)(O)CC)[C@@H](O)[C@H]1O. The molecule has 4 radical (unpaired) electrons. The van der Waals surface area contributed by atoms with Crippen molar-refractivity contribution in [3.05, 3.63) is 0 Å². The number of aliphatic hydroxyl groups is 3. The summed E-state index contributed by atoms with van der Waals surface area (Å²) < 4.78 is 42.6. The lowest BCUT2D eigenvalue weighted by Crippen LogP contribution is -2.42. The molecule has 0 amide bonds. The maximum Gasteiger partial charge on any atom is 0.359 e. The fourth-order valence-corrected chi connectivity index (χ4v) is 6.61. The van der Waals surface area contributed by atoms with Crippen LogP contribution in [0.4, 0.5) is 0 Å². The Labute approximate surface area is 188 Å². The predicted octanol–water partition coefficient (Wildman–Crippen LogP) is 2.03. The lowest BCUT2D eigenvalue weighted by Gasteiger charge is -2.42. The normalized spacial score (nSPS) is 33.6. The Morgan fingerprint density at radius 2 is 1.58 bits per heavy atom. The van der Waals surface area contributed by atoms with E-state index in [1.807, 2.05) is 0 Å². The second-order valence-corrected chi connectivity index (χ2v) is 13.8. The zero-order valence-corrected chi connectivity index (χ0v) is 21.2. The number of aliphatic hydroxyl groups excluding tert-OH is 2. The minimum absolute atomic E-state index is 0.0341. The van der Waals surface area contributed by atoms with E-state index >= 15 is 0 Å². The van der Waals surface area contributed by atoms with Crippen molar-refractivity contribution >= 4 is 30.3 Å². The fourth-order valence-electron chi connectivity index (χ4n) is 3.17. The molecule has 1 rings (SSSR count). The quantitative estimate of drug-likeness (QED) is 0.258. The maximum absolute atomic E-state index is 13.4. The van der Waals surface area contributed by atoms with Crippen molar-refractivity contribution in [2.24, 2.45) is 0 Å². The minimum Gasteiger partial charge on any atom is -0.388 e. The molecule has 0 aromatic heterocycles. The topological polar surface area (TPSA) is 143 Å². The van der Waals surface area contributed by atoms with Crippen molar-refractivity contribution < 1.29 is 43.1 Å². The van der Waals surface area contributed by atoms with Gasteiger partial charge in [-0.05, 0) is 40.5 Å². The lowest BCUT2D eigenvalue weighted by atomic mass is 9.90. The van der Waals surface area contributed by atoms with E-state index in [0.717, 1.165) is 0 Å². The minimum atomic E-state index is -4.52. The number of hydrogen-bond acceptors (Lipinski definition) is 8. The van der Waals surface area contributed by atoms with Gasteiger partial charge < -0.3 is 34.0 Å². The molecule has 0 aliphatic carbocycles. The Morgan fingerprint density at radius 3 is 1.97 bits per heavy atom. The first-order valence-corrected chi connectivity index (χ1v) is 13.7. The first kappa shape index (κ1) is 29.3. The van der Waals surface area contributed by atoms with Crippen LogP contribution in [-0.4, -0.2) is 82.1 Å². The third kappa shape index (κ3) is 6.68. The number of hydrogen-bond donors (Lipinski definition) is 4. The summed E-state index contributed by atoms with van der Waals surface area (Å²) in [4.78, 5) is 10.3. The second kappa shape index (κ2) is 9.89. The van der Waals surface area contributed by atoms with Crippen LogP contribution in [0.2, 0.25) is 0 Å². The van der Waals surface area contributed by atoms with Crippen LogP contribution < -0.4 is 0 Å². The van der Waals surface area contributed by atoms with Gasteiger partial charge in [-0.1, -0.05) is 20.8 Å². The van der Waals surface area contributed by atoms with E-state index in [1.54, 1.807) is 13.8 Å². The Balaban J connectivity index is 3.04. The van der Waals surface area contributed by atoms with E-state index in [9.17, 15) is 29.3 Å². The van der Waals surface area contributed by atoms with E-state index in [1.165, 1.54) is 34.6 Å². The van der Waals surface area contributed by atoms with Gasteiger partial charge in [-0.15, -0.1) is 0 Å². The molecular weight excluding hydrogens is 444 g/mol. The first-order valence-electron chi connectivity index (χ1n) is 10.4. The molecule has 0 aromatic rings. The average molecular weight is 480 g/mol. The third-order valence-electron chi connectivity index (χ3n) is 6.33. The van der Waals surface area contributed by atoms with Crippen molar-refractivity contribution in [2.45, 2.75) is 114 Å². The van der Waals surface area contributed by atoms with Crippen LogP contribution >= 0.6 is 14.8 Å². The number of rotatable bonds is 11. The van der Waals surface area contributed by atoms with Crippen LogP contribution in [0.3, 0.4) is 0 Å². The molecule has 0 aromatic carbocycles. The molecule has 1 saturated heterocycles. The molecule has 9 nitrogen and oxygen atoms in total. The highest BCUT2D eigenvalue weighted by molar-refractivity contribution is 7.84. The molecule has 178 valence electrons. The Morgan fingerprint density at radius 1 is 1.06 bits per heavy atom. The van der Waals surface area contributed by atoms with Crippen molar-refractivity contribution in [1.29, 1.82) is 0 Å². The van der Waals surface area contributed by atoms with E-state index in [4.69, 9.17) is 29.2 Å². The largest absolute Gasteiger partial charge is 0.388 e. The van der Waals surface area contributed by atoms with Crippen molar-refractivity contribution in [1.82, 2.24) is 0 Å². The standard InChI is InChI=1S/C18H36B2O9P2/c1-8-17(6,10-12-13(21)14(22)15(19)27-12)29-30(20,24)11(3)16(4,5)28-31(25,26)18(7,23)9-2/h11-15,21-23H,8-10H2,1-7H3,(H,25,26)/t11?,12-,13-,14-,15-,17-,18-,30?/m1/s1. The highest BCUT2D eigenvalue weighted by Crippen LogP contribution is 2.62. The molecule has 1 fully saturated rings. The molecule has 0 bridgehead atoms. The molecular formula is C18H36B2O9P2.